The lowest BCUT2D eigenvalue weighted by atomic mass is 10.0. The van der Waals surface area contributed by atoms with Crippen LogP contribution < -0.4 is 11.3 Å². The van der Waals surface area contributed by atoms with E-state index in [1.807, 2.05) is 54.7 Å². The van der Waals surface area contributed by atoms with Gasteiger partial charge in [0.1, 0.15) is 0 Å². The summed E-state index contributed by atoms with van der Waals surface area (Å²) in [4.78, 5) is 11.0. The third-order valence-electron chi connectivity index (χ3n) is 5.00. The summed E-state index contributed by atoms with van der Waals surface area (Å²) in [5.41, 5.74) is 5.32. The second-order valence-electron chi connectivity index (χ2n) is 6.90. The number of benzene rings is 3. The lowest BCUT2D eigenvalue weighted by Gasteiger charge is -2.08. The van der Waals surface area contributed by atoms with Gasteiger partial charge < -0.3 is 9.67 Å². The van der Waals surface area contributed by atoms with Crippen LogP contribution in [0.4, 0.5) is 0 Å². The van der Waals surface area contributed by atoms with E-state index in [2.05, 4.69) is 27.0 Å². The molecule has 148 valence electrons. The lowest BCUT2D eigenvalue weighted by molar-refractivity contribution is -0.114. The molecule has 1 heterocycles. The molecule has 30 heavy (non-hydrogen) atoms. The maximum atomic E-state index is 11.0. The summed E-state index contributed by atoms with van der Waals surface area (Å²) in [5.74, 6) is 4.42. The van der Waals surface area contributed by atoms with E-state index in [0.29, 0.717) is 0 Å². The summed E-state index contributed by atoms with van der Waals surface area (Å²) in [6.07, 6.45) is 2.04. The van der Waals surface area contributed by atoms with Crippen molar-refractivity contribution in [3.63, 3.8) is 0 Å². The van der Waals surface area contributed by atoms with E-state index < -0.39 is 5.97 Å². The van der Waals surface area contributed by atoms with Crippen LogP contribution in [0.2, 0.25) is 0 Å². The predicted molar refractivity (Wildman–Crippen MR) is 115 cm³/mol. The molecule has 0 radical (unpaired) electrons. The number of carboxylic acids is 1. The minimum atomic E-state index is -0.924. The molecule has 0 aliphatic carbocycles. The van der Waals surface area contributed by atoms with Crippen LogP contribution >= 0.6 is 0 Å². The number of rotatable bonds is 5. The lowest BCUT2D eigenvalue weighted by Crippen LogP contribution is -2.38. The Hall–Kier alpha value is -4.26. The largest absolute Gasteiger partial charge is 0.478 e. The van der Waals surface area contributed by atoms with Crippen LogP contribution in [-0.4, -0.2) is 21.5 Å². The van der Waals surface area contributed by atoms with Crippen molar-refractivity contribution in [2.24, 2.45) is 16.2 Å². The Balaban J connectivity index is 1.54. The molecule has 0 aliphatic rings. The molecular weight excluding hydrogens is 378 g/mol. The molecule has 7 heteroatoms. The van der Waals surface area contributed by atoms with Crippen molar-refractivity contribution in [3.05, 3.63) is 95.7 Å². The van der Waals surface area contributed by atoms with Crippen molar-refractivity contribution in [1.29, 1.82) is 0 Å². The third kappa shape index (κ3) is 3.81. The fourth-order valence-electron chi connectivity index (χ4n) is 3.42. The highest BCUT2D eigenvalue weighted by atomic mass is 16.4. The SMILES string of the molecule is NN=NC(=[NH2+])c1ccc2c(ccn2Cc2ccc(-c3ccc(C(=O)O)cc3)cc2)c1. The molecule has 4 rings (SSSR count). The second kappa shape index (κ2) is 8.00. The van der Waals surface area contributed by atoms with Gasteiger partial charge >= 0.3 is 11.8 Å². The van der Waals surface area contributed by atoms with Gasteiger partial charge in [0, 0.05) is 28.9 Å². The number of nitrogens with two attached hydrogens (primary N) is 2. The van der Waals surface area contributed by atoms with E-state index in [0.717, 1.165) is 39.7 Å². The summed E-state index contributed by atoms with van der Waals surface area (Å²) in [6, 6.07) is 23.0. The first-order valence-corrected chi connectivity index (χ1v) is 9.30. The molecule has 0 bridgehead atoms. The molecule has 7 nitrogen and oxygen atoms in total. The molecule has 3 aromatic carbocycles. The number of aromatic nitrogens is 1. The van der Waals surface area contributed by atoms with E-state index in [-0.39, 0.29) is 11.4 Å². The topological polar surface area (TPSA) is 119 Å². The highest BCUT2D eigenvalue weighted by Gasteiger charge is 2.11. The summed E-state index contributed by atoms with van der Waals surface area (Å²) in [5, 5.41) is 22.8. The molecule has 0 unspecified atom stereocenters. The Labute approximate surface area is 172 Å². The van der Waals surface area contributed by atoms with Gasteiger partial charge in [-0.3, -0.25) is 11.3 Å². The smallest absolute Gasteiger partial charge is 0.350 e. The number of fused-ring (bicyclic) bond motifs is 1. The molecule has 0 saturated carbocycles. The Morgan fingerprint density at radius 3 is 2.20 bits per heavy atom. The van der Waals surface area contributed by atoms with Gasteiger partial charge in [0.2, 0.25) is 0 Å². The minimum absolute atomic E-state index is 0.277. The average Bonchev–Trinajstić information content (AvgIpc) is 3.16. The molecule has 0 aliphatic heterocycles. The molecular formula is C23H20N5O2+. The average molecular weight is 398 g/mol. The molecule has 4 aromatic rings. The summed E-state index contributed by atoms with van der Waals surface area (Å²) >= 11 is 0. The van der Waals surface area contributed by atoms with Crippen LogP contribution in [0.1, 0.15) is 21.5 Å². The number of hydrogen-bond donors (Lipinski definition) is 3. The maximum Gasteiger partial charge on any atom is 0.350 e. The zero-order valence-corrected chi connectivity index (χ0v) is 16.1. The maximum absolute atomic E-state index is 11.0. The monoisotopic (exact) mass is 398 g/mol. The molecule has 0 amide bonds. The second-order valence-corrected chi connectivity index (χ2v) is 6.90. The number of hydrogen-bond acceptors (Lipinski definition) is 2. The van der Waals surface area contributed by atoms with Crippen molar-refractivity contribution in [2.75, 3.05) is 0 Å². The van der Waals surface area contributed by atoms with Crippen molar-refractivity contribution < 1.29 is 15.3 Å². The zero-order chi connectivity index (χ0) is 21.1. The number of amidine groups is 1. The number of aromatic carboxylic acids is 1. The molecule has 0 atom stereocenters. The van der Waals surface area contributed by atoms with Crippen LogP contribution in [0.15, 0.2) is 89.3 Å². The van der Waals surface area contributed by atoms with E-state index in [1.54, 1.807) is 12.1 Å². The van der Waals surface area contributed by atoms with E-state index in [4.69, 9.17) is 16.4 Å². The first-order chi connectivity index (χ1) is 14.5. The number of nitrogens with zero attached hydrogens (tertiary/aromatic N) is 3. The highest BCUT2D eigenvalue weighted by molar-refractivity contribution is 5.98. The van der Waals surface area contributed by atoms with Crippen molar-refractivity contribution in [2.45, 2.75) is 6.54 Å². The Bertz CT molecular complexity index is 1260. The molecule has 5 N–H and O–H groups in total. The van der Waals surface area contributed by atoms with Gasteiger partial charge in [-0.2, -0.15) is 0 Å². The van der Waals surface area contributed by atoms with Gasteiger partial charge in [-0.15, -0.1) is 0 Å². The highest BCUT2D eigenvalue weighted by Crippen LogP contribution is 2.23. The zero-order valence-electron chi connectivity index (χ0n) is 16.1. The van der Waals surface area contributed by atoms with Crippen molar-refractivity contribution >= 4 is 22.7 Å². The van der Waals surface area contributed by atoms with E-state index in [9.17, 15) is 4.79 Å². The van der Waals surface area contributed by atoms with Crippen LogP contribution in [0, 0.1) is 0 Å². The van der Waals surface area contributed by atoms with Crippen LogP contribution in [-0.2, 0) is 6.54 Å². The summed E-state index contributed by atoms with van der Waals surface area (Å²) in [7, 11) is 0. The molecule has 0 fully saturated rings. The molecule has 0 spiro atoms. The van der Waals surface area contributed by atoms with Gasteiger partial charge in [0.05, 0.1) is 16.2 Å². The Morgan fingerprint density at radius 2 is 1.57 bits per heavy atom. The van der Waals surface area contributed by atoms with Gasteiger partial charge in [-0.25, -0.2) is 4.79 Å². The fraction of sp³-hybridized carbons (Fsp3) is 0.0435. The van der Waals surface area contributed by atoms with Gasteiger partial charge in [-0.1, -0.05) is 36.4 Å². The number of carbonyl (C=O) groups is 1. The third-order valence-corrected chi connectivity index (χ3v) is 5.00. The Morgan fingerprint density at radius 1 is 0.933 bits per heavy atom. The van der Waals surface area contributed by atoms with Crippen LogP contribution in [0.3, 0.4) is 0 Å². The first-order valence-electron chi connectivity index (χ1n) is 9.30. The summed E-state index contributed by atoms with van der Waals surface area (Å²) in [6.45, 7) is 0.725. The van der Waals surface area contributed by atoms with Crippen LogP contribution in [0.5, 0.6) is 0 Å². The molecule has 1 aromatic heterocycles. The summed E-state index contributed by atoms with van der Waals surface area (Å²) < 4.78 is 2.16. The van der Waals surface area contributed by atoms with E-state index >= 15 is 0 Å². The normalized spacial score (nSPS) is 11.2. The van der Waals surface area contributed by atoms with Gasteiger partial charge in [0.25, 0.3) is 0 Å². The first kappa shape index (κ1) is 19.1. The van der Waals surface area contributed by atoms with Crippen LogP contribution in [0.25, 0.3) is 22.0 Å². The minimum Gasteiger partial charge on any atom is -0.478 e. The van der Waals surface area contributed by atoms with Gasteiger partial charge in [0.15, 0.2) is 0 Å². The van der Waals surface area contributed by atoms with Crippen molar-refractivity contribution in [1.82, 2.24) is 4.57 Å². The number of carboxylic acid groups (broad SMARTS) is 1. The molecule has 0 saturated heterocycles. The quantitative estimate of drug-likeness (QED) is 0.158. The predicted octanol–water partition coefficient (Wildman–Crippen LogP) is 2.89. The van der Waals surface area contributed by atoms with Crippen molar-refractivity contribution in [3.8, 4) is 11.1 Å². The fourth-order valence-corrected chi connectivity index (χ4v) is 3.42. The van der Waals surface area contributed by atoms with E-state index in [1.165, 1.54) is 0 Å². The standard InChI is InChI=1S/C23H19N5O2/c24-22(26-27-25)20-9-10-21-19(13-20)11-12-28(21)14-15-1-3-16(4-2-15)17-5-7-18(8-6-17)23(29)30/h1-13H,14H2,(H,29,30)(H3,24,25,26)/p+1. The van der Waals surface area contributed by atoms with Gasteiger partial charge in [-0.05, 0) is 53.1 Å². The Kier molecular flexibility index (Phi) is 5.09.